The Balaban J connectivity index is 2.02. The van der Waals surface area contributed by atoms with E-state index in [1.54, 1.807) is 13.0 Å². The fourth-order valence-electron chi connectivity index (χ4n) is 2.10. The molecular weight excluding hydrogens is 340 g/mol. The summed E-state index contributed by atoms with van der Waals surface area (Å²) in [5.41, 5.74) is 4.04. The Morgan fingerprint density at radius 3 is 2.76 bits per heavy atom. The second kappa shape index (κ2) is 9.18. The van der Waals surface area contributed by atoms with E-state index in [1.165, 1.54) is 0 Å². The van der Waals surface area contributed by atoms with Crippen molar-refractivity contribution in [2.24, 2.45) is 5.16 Å². The molecule has 0 saturated heterocycles. The number of hydrogen-bond acceptors (Lipinski definition) is 5. The summed E-state index contributed by atoms with van der Waals surface area (Å²) in [6, 6.07) is 11.2. The Hall–Kier alpha value is -2.40. The van der Waals surface area contributed by atoms with Gasteiger partial charge in [0.2, 0.25) is 0 Å². The molecule has 25 heavy (non-hydrogen) atoms. The Morgan fingerprint density at radius 1 is 1.24 bits per heavy atom. The quantitative estimate of drug-likeness (QED) is 0.416. The first kappa shape index (κ1) is 18.9. The van der Waals surface area contributed by atoms with Crippen molar-refractivity contribution in [3.8, 4) is 0 Å². The van der Waals surface area contributed by atoms with Gasteiger partial charge in [0.15, 0.2) is 6.61 Å². The number of pyridine rings is 1. The van der Waals surface area contributed by atoms with Gasteiger partial charge in [-0.25, -0.2) is 0 Å². The highest BCUT2D eigenvalue weighted by Gasteiger charge is 2.07. The van der Waals surface area contributed by atoms with Gasteiger partial charge in [0, 0.05) is 22.7 Å². The molecule has 0 amide bonds. The number of rotatable bonds is 7. The predicted molar refractivity (Wildman–Crippen MR) is 97.5 cm³/mol. The van der Waals surface area contributed by atoms with Crippen LogP contribution < -0.4 is 0 Å². The first-order valence-corrected chi connectivity index (χ1v) is 8.41. The summed E-state index contributed by atoms with van der Waals surface area (Å²) in [4.78, 5) is 21.0. The maximum atomic E-state index is 11.3. The lowest BCUT2D eigenvalue weighted by molar-refractivity contribution is -0.144. The highest BCUT2D eigenvalue weighted by molar-refractivity contribution is 6.31. The second-order valence-corrected chi connectivity index (χ2v) is 5.95. The first-order valence-electron chi connectivity index (χ1n) is 8.03. The third kappa shape index (κ3) is 5.87. The van der Waals surface area contributed by atoms with Crippen molar-refractivity contribution in [2.75, 3.05) is 0 Å². The molecule has 0 aliphatic heterocycles. The number of halogens is 1. The van der Waals surface area contributed by atoms with Crippen LogP contribution in [0.5, 0.6) is 0 Å². The van der Waals surface area contributed by atoms with Crippen LogP contribution in [-0.4, -0.2) is 16.7 Å². The summed E-state index contributed by atoms with van der Waals surface area (Å²) in [5.74, 6) is -0.263. The zero-order chi connectivity index (χ0) is 18.2. The molecule has 0 aliphatic carbocycles. The SMILES string of the molecule is CCC(=O)OCc1cc(/C(C)=N/OCc2cccc(C)n2)ccc1Cl. The molecule has 0 radical (unpaired) electrons. The van der Waals surface area contributed by atoms with Crippen molar-refractivity contribution in [3.05, 3.63) is 63.9 Å². The molecule has 0 bridgehead atoms. The zero-order valence-electron chi connectivity index (χ0n) is 14.6. The van der Waals surface area contributed by atoms with Gasteiger partial charge >= 0.3 is 5.97 Å². The second-order valence-electron chi connectivity index (χ2n) is 5.54. The Bertz CT molecular complexity index is 775. The number of aryl methyl sites for hydroxylation is 1. The highest BCUT2D eigenvalue weighted by atomic mass is 35.5. The molecule has 2 rings (SSSR count). The van der Waals surface area contributed by atoms with E-state index < -0.39 is 0 Å². The first-order chi connectivity index (χ1) is 12.0. The molecule has 0 unspecified atom stereocenters. The molecule has 0 N–H and O–H groups in total. The zero-order valence-corrected chi connectivity index (χ0v) is 15.3. The molecule has 132 valence electrons. The highest BCUT2D eigenvalue weighted by Crippen LogP contribution is 2.19. The van der Waals surface area contributed by atoms with Crippen LogP contribution in [0.25, 0.3) is 0 Å². The standard InChI is InChI=1S/C19H21ClN2O3/c1-4-19(23)24-11-16-10-15(8-9-18(16)20)14(3)22-25-12-17-7-5-6-13(2)21-17/h5-10H,4,11-12H2,1-3H3/b22-14+. The minimum Gasteiger partial charge on any atom is -0.461 e. The van der Waals surface area contributed by atoms with Crippen LogP contribution in [0.4, 0.5) is 0 Å². The van der Waals surface area contributed by atoms with Gasteiger partial charge in [-0.05, 0) is 43.7 Å². The normalized spacial score (nSPS) is 11.3. The molecule has 0 aliphatic rings. The van der Waals surface area contributed by atoms with Gasteiger partial charge in [0.05, 0.1) is 11.4 Å². The summed E-state index contributed by atoms with van der Waals surface area (Å²) >= 11 is 6.16. The predicted octanol–water partition coefficient (Wildman–Crippen LogP) is 4.44. The maximum absolute atomic E-state index is 11.3. The number of hydrogen-bond donors (Lipinski definition) is 0. The van der Waals surface area contributed by atoms with Crippen molar-refractivity contribution in [1.29, 1.82) is 0 Å². The van der Waals surface area contributed by atoms with E-state index in [-0.39, 0.29) is 12.6 Å². The van der Waals surface area contributed by atoms with Crippen molar-refractivity contribution < 1.29 is 14.4 Å². The summed E-state index contributed by atoms with van der Waals surface area (Å²) in [6.07, 6.45) is 0.332. The molecule has 0 spiro atoms. The number of carbonyl (C=O) groups excluding carboxylic acids is 1. The molecular formula is C19H21ClN2O3. The lowest BCUT2D eigenvalue weighted by Crippen LogP contribution is -2.04. The number of oxime groups is 1. The van der Waals surface area contributed by atoms with Crippen LogP contribution in [0.1, 0.15) is 42.8 Å². The third-order valence-corrected chi connectivity index (χ3v) is 3.87. The smallest absolute Gasteiger partial charge is 0.305 e. The summed E-state index contributed by atoms with van der Waals surface area (Å²) in [6.45, 7) is 5.96. The average molecular weight is 361 g/mol. The van der Waals surface area contributed by atoms with Crippen LogP contribution in [-0.2, 0) is 27.6 Å². The Labute approximate surface area is 152 Å². The molecule has 6 heteroatoms. The van der Waals surface area contributed by atoms with E-state index in [0.29, 0.717) is 23.8 Å². The Kier molecular flexibility index (Phi) is 6.95. The van der Waals surface area contributed by atoms with Crippen molar-refractivity contribution >= 4 is 23.3 Å². The molecule has 1 heterocycles. The van der Waals surface area contributed by atoms with Crippen molar-refractivity contribution in [1.82, 2.24) is 4.98 Å². The summed E-state index contributed by atoms with van der Waals surface area (Å²) in [5, 5.41) is 4.67. The van der Waals surface area contributed by atoms with Gasteiger partial charge in [-0.3, -0.25) is 9.78 Å². The van der Waals surface area contributed by atoms with E-state index >= 15 is 0 Å². The molecule has 0 fully saturated rings. The van der Waals surface area contributed by atoms with E-state index in [4.69, 9.17) is 21.2 Å². The van der Waals surface area contributed by atoms with Gasteiger partial charge in [-0.1, -0.05) is 35.8 Å². The summed E-state index contributed by atoms with van der Waals surface area (Å²) in [7, 11) is 0. The molecule has 0 saturated carbocycles. The average Bonchev–Trinajstić information content (AvgIpc) is 2.60. The van der Waals surface area contributed by atoms with Crippen LogP contribution in [0.3, 0.4) is 0 Å². The fourth-order valence-corrected chi connectivity index (χ4v) is 2.27. The van der Waals surface area contributed by atoms with Gasteiger partial charge in [-0.2, -0.15) is 0 Å². The molecule has 0 atom stereocenters. The summed E-state index contributed by atoms with van der Waals surface area (Å²) < 4.78 is 5.14. The molecule has 2 aromatic rings. The van der Waals surface area contributed by atoms with E-state index in [0.717, 1.165) is 22.5 Å². The number of benzene rings is 1. The van der Waals surface area contributed by atoms with Gasteiger partial charge < -0.3 is 9.57 Å². The lowest BCUT2D eigenvalue weighted by Gasteiger charge is -2.08. The van der Waals surface area contributed by atoms with E-state index in [1.807, 2.05) is 44.2 Å². The van der Waals surface area contributed by atoms with Crippen molar-refractivity contribution in [2.45, 2.75) is 40.4 Å². The Morgan fingerprint density at radius 2 is 2.04 bits per heavy atom. The topological polar surface area (TPSA) is 60.8 Å². The minimum absolute atomic E-state index is 0.140. The lowest BCUT2D eigenvalue weighted by atomic mass is 10.1. The molecule has 5 nitrogen and oxygen atoms in total. The fraction of sp³-hybridized carbons (Fsp3) is 0.316. The number of carbonyl (C=O) groups is 1. The van der Waals surface area contributed by atoms with Crippen LogP contribution in [0, 0.1) is 6.92 Å². The van der Waals surface area contributed by atoms with Gasteiger partial charge in [-0.15, -0.1) is 0 Å². The third-order valence-electron chi connectivity index (χ3n) is 3.50. The molecule has 1 aromatic carbocycles. The maximum Gasteiger partial charge on any atom is 0.305 e. The van der Waals surface area contributed by atoms with Crippen molar-refractivity contribution in [3.63, 3.8) is 0 Å². The van der Waals surface area contributed by atoms with Crippen LogP contribution >= 0.6 is 11.6 Å². The minimum atomic E-state index is -0.263. The largest absolute Gasteiger partial charge is 0.461 e. The molecule has 1 aromatic heterocycles. The van der Waals surface area contributed by atoms with Crippen LogP contribution in [0.15, 0.2) is 41.6 Å². The van der Waals surface area contributed by atoms with E-state index in [9.17, 15) is 4.79 Å². The number of aromatic nitrogens is 1. The number of esters is 1. The number of nitrogens with zero attached hydrogens (tertiary/aromatic N) is 2. The van der Waals surface area contributed by atoms with Gasteiger partial charge in [0.1, 0.15) is 6.61 Å². The number of ether oxygens (including phenoxy) is 1. The van der Waals surface area contributed by atoms with E-state index in [2.05, 4.69) is 10.1 Å². The monoisotopic (exact) mass is 360 g/mol. The van der Waals surface area contributed by atoms with Gasteiger partial charge in [0.25, 0.3) is 0 Å². The van der Waals surface area contributed by atoms with Crippen LogP contribution in [0.2, 0.25) is 5.02 Å².